The first-order valence-electron chi connectivity index (χ1n) is 10.5. The van der Waals surface area contributed by atoms with E-state index in [9.17, 15) is 0 Å². The van der Waals surface area contributed by atoms with Crippen molar-refractivity contribution in [2.24, 2.45) is 4.99 Å². The number of anilines is 1. The van der Waals surface area contributed by atoms with Crippen LogP contribution in [0.25, 0.3) is 5.69 Å². The fourth-order valence-electron chi connectivity index (χ4n) is 3.44. The zero-order valence-electron chi connectivity index (χ0n) is 17.5. The Kier molecular flexibility index (Phi) is 6.58. The largest absolute Gasteiger partial charge is 0.357 e. The van der Waals surface area contributed by atoms with Crippen LogP contribution in [0, 0.1) is 0 Å². The summed E-state index contributed by atoms with van der Waals surface area (Å²) in [5.41, 5.74) is 2.22. The number of benzene rings is 1. The lowest BCUT2D eigenvalue weighted by Gasteiger charge is -2.36. The van der Waals surface area contributed by atoms with Gasteiger partial charge in [0.1, 0.15) is 5.82 Å². The highest BCUT2D eigenvalue weighted by atomic mass is 32.1. The molecule has 0 atom stereocenters. The predicted molar refractivity (Wildman–Crippen MR) is 121 cm³/mol. The minimum atomic E-state index is 0.633. The summed E-state index contributed by atoms with van der Waals surface area (Å²) in [6, 6.07) is 10.3. The summed E-state index contributed by atoms with van der Waals surface area (Å²) in [4.78, 5) is 14.2. The topological polar surface area (TPSA) is 74.5 Å². The van der Waals surface area contributed by atoms with Gasteiger partial charge < -0.3 is 15.1 Å². The molecule has 3 aromatic rings. The van der Waals surface area contributed by atoms with Gasteiger partial charge in [-0.25, -0.2) is 14.7 Å². The zero-order valence-corrected chi connectivity index (χ0v) is 18.3. The van der Waals surface area contributed by atoms with Crippen LogP contribution >= 0.6 is 11.5 Å². The minimum absolute atomic E-state index is 0.633. The Bertz CT molecular complexity index is 957. The Morgan fingerprint density at radius 1 is 1.17 bits per heavy atom. The first kappa shape index (κ1) is 20.3. The summed E-state index contributed by atoms with van der Waals surface area (Å²) >= 11 is 1.50. The van der Waals surface area contributed by atoms with Crippen molar-refractivity contribution in [3.8, 4) is 5.69 Å². The van der Waals surface area contributed by atoms with E-state index in [1.165, 1.54) is 11.5 Å². The number of nitrogens with one attached hydrogen (secondary N) is 1. The van der Waals surface area contributed by atoms with Gasteiger partial charge in [0.15, 0.2) is 5.96 Å². The van der Waals surface area contributed by atoms with Crippen molar-refractivity contribution in [1.82, 2.24) is 29.4 Å². The number of guanidine groups is 1. The fraction of sp³-hybridized carbons (Fsp3) is 0.429. The van der Waals surface area contributed by atoms with Gasteiger partial charge in [0.05, 0.1) is 12.2 Å². The molecular weight excluding hydrogens is 396 g/mol. The molecule has 30 heavy (non-hydrogen) atoms. The van der Waals surface area contributed by atoms with Crippen molar-refractivity contribution in [2.45, 2.75) is 26.8 Å². The van der Waals surface area contributed by atoms with Gasteiger partial charge in [0, 0.05) is 63.1 Å². The molecule has 0 radical (unpaired) electrons. The van der Waals surface area contributed by atoms with Crippen molar-refractivity contribution in [1.29, 1.82) is 0 Å². The molecule has 1 N–H and O–H groups in total. The van der Waals surface area contributed by atoms with Gasteiger partial charge in [-0.1, -0.05) is 19.1 Å². The number of hydrogen-bond donors (Lipinski definition) is 1. The van der Waals surface area contributed by atoms with Crippen molar-refractivity contribution in [3.63, 3.8) is 0 Å². The van der Waals surface area contributed by atoms with Crippen molar-refractivity contribution >= 4 is 22.6 Å². The lowest BCUT2D eigenvalue weighted by atomic mass is 10.2. The van der Waals surface area contributed by atoms with Gasteiger partial charge in [-0.3, -0.25) is 0 Å². The smallest absolute Gasteiger partial charge is 0.205 e. The quantitative estimate of drug-likeness (QED) is 0.484. The van der Waals surface area contributed by atoms with E-state index in [0.717, 1.165) is 67.3 Å². The highest BCUT2D eigenvalue weighted by molar-refractivity contribution is 7.09. The second-order valence-electron chi connectivity index (χ2n) is 7.11. The lowest BCUT2D eigenvalue weighted by molar-refractivity contribution is 0.372. The molecule has 4 rings (SSSR count). The lowest BCUT2D eigenvalue weighted by Crippen LogP contribution is -2.52. The Morgan fingerprint density at radius 2 is 2.03 bits per heavy atom. The third-order valence-electron chi connectivity index (χ3n) is 5.05. The van der Waals surface area contributed by atoms with Gasteiger partial charge in [-0.2, -0.15) is 9.47 Å². The van der Waals surface area contributed by atoms with E-state index in [1.54, 1.807) is 6.20 Å². The van der Waals surface area contributed by atoms with E-state index in [4.69, 9.17) is 4.99 Å². The van der Waals surface area contributed by atoms with Gasteiger partial charge in [0.2, 0.25) is 5.13 Å². The van der Waals surface area contributed by atoms with E-state index in [1.807, 2.05) is 16.9 Å². The summed E-state index contributed by atoms with van der Waals surface area (Å²) in [5.74, 6) is 1.90. The molecule has 2 aromatic heterocycles. The number of aryl methyl sites for hydroxylation is 1. The normalized spacial score (nSPS) is 14.9. The molecule has 0 aliphatic carbocycles. The van der Waals surface area contributed by atoms with Crippen LogP contribution < -0.4 is 10.2 Å². The Balaban J connectivity index is 1.40. The Morgan fingerprint density at radius 3 is 2.73 bits per heavy atom. The fourth-order valence-corrected chi connectivity index (χ4v) is 4.24. The van der Waals surface area contributed by atoms with Gasteiger partial charge >= 0.3 is 0 Å². The molecule has 8 nitrogen and oxygen atoms in total. The van der Waals surface area contributed by atoms with Gasteiger partial charge in [0.25, 0.3) is 0 Å². The van der Waals surface area contributed by atoms with Crippen molar-refractivity contribution in [2.75, 3.05) is 37.6 Å². The van der Waals surface area contributed by atoms with E-state index in [2.05, 4.69) is 67.7 Å². The third kappa shape index (κ3) is 4.79. The van der Waals surface area contributed by atoms with Crippen LogP contribution in [0.2, 0.25) is 0 Å². The van der Waals surface area contributed by atoms with Crippen LogP contribution in [-0.2, 0) is 13.0 Å². The highest BCUT2D eigenvalue weighted by Crippen LogP contribution is 2.19. The van der Waals surface area contributed by atoms with Gasteiger partial charge in [-0.05, 0) is 30.7 Å². The Labute approximate surface area is 181 Å². The predicted octanol–water partition coefficient (Wildman–Crippen LogP) is 2.57. The number of nitrogens with zero attached hydrogens (tertiary/aromatic N) is 7. The van der Waals surface area contributed by atoms with Crippen LogP contribution in [0.15, 0.2) is 47.7 Å². The molecule has 1 aliphatic rings. The van der Waals surface area contributed by atoms with Crippen LogP contribution in [0.5, 0.6) is 0 Å². The Hall–Kier alpha value is -2.94. The van der Waals surface area contributed by atoms with Crippen LogP contribution in [0.4, 0.5) is 5.13 Å². The summed E-state index contributed by atoms with van der Waals surface area (Å²) in [5, 5.41) is 8.79. The summed E-state index contributed by atoms with van der Waals surface area (Å²) in [6.07, 6.45) is 4.63. The maximum absolute atomic E-state index is 4.90. The average molecular weight is 425 g/mol. The molecule has 1 saturated heterocycles. The second kappa shape index (κ2) is 9.71. The molecule has 1 aromatic carbocycles. The average Bonchev–Trinajstić information content (AvgIpc) is 3.49. The maximum atomic E-state index is 4.90. The summed E-state index contributed by atoms with van der Waals surface area (Å²) in [7, 11) is 0. The third-order valence-corrected chi connectivity index (χ3v) is 5.86. The standard InChI is InChI=1S/C21H28N8S/c1-3-19-25-21(30-26-19)28-13-11-27(12-14-28)20(22-4-2)23-16-17-7-5-8-18(15-17)29-10-6-9-24-29/h5-10,15H,3-4,11-14,16H2,1-2H3,(H,22,23). The second-order valence-corrected chi connectivity index (χ2v) is 7.84. The number of aromatic nitrogens is 4. The van der Waals surface area contributed by atoms with E-state index in [-0.39, 0.29) is 0 Å². The number of aliphatic imine (C=N–C) groups is 1. The monoisotopic (exact) mass is 424 g/mol. The number of piperazine rings is 1. The summed E-state index contributed by atoms with van der Waals surface area (Å²) < 4.78 is 6.29. The highest BCUT2D eigenvalue weighted by Gasteiger charge is 2.22. The summed E-state index contributed by atoms with van der Waals surface area (Å²) in [6.45, 7) is 9.37. The van der Waals surface area contributed by atoms with Crippen LogP contribution in [-0.4, -0.2) is 62.7 Å². The molecule has 0 amide bonds. The molecule has 0 unspecified atom stereocenters. The molecule has 3 heterocycles. The zero-order chi connectivity index (χ0) is 20.8. The van der Waals surface area contributed by atoms with Crippen molar-refractivity contribution in [3.05, 3.63) is 54.1 Å². The molecule has 0 saturated carbocycles. The molecule has 158 valence electrons. The molecule has 1 fully saturated rings. The van der Waals surface area contributed by atoms with Crippen LogP contribution in [0.1, 0.15) is 25.2 Å². The molecular formula is C21H28N8S. The van der Waals surface area contributed by atoms with Gasteiger partial charge in [-0.15, -0.1) is 0 Å². The minimum Gasteiger partial charge on any atom is -0.357 e. The SMILES string of the molecule is CCNC(=NCc1cccc(-n2cccn2)c1)N1CCN(c2nc(CC)ns2)CC1. The first-order chi connectivity index (χ1) is 14.8. The van der Waals surface area contributed by atoms with Crippen LogP contribution in [0.3, 0.4) is 0 Å². The van der Waals surface area contributed by atoms with Crippen molar-refractivity contribution < 1.29 is 0 Å². The van der Waals surface area contributed by atoms with E-state index >= 15 is 0 Å². The molecule has 1 aliphatic heterocycles. The molecule has 9 heteroatoms. The number of rotatable bonds is 6. The number of hydrogen-bond acceptors (Lipinski definition) is 6. The van der Waals surface area contributed by atoms with E-state index in [0.29, 0.717) is 6.54 Å². The maximum Gasteiger partial charge on any atom is 0.205 e. The molecule has 0 spiro atoms. The first-order valence-corrected chi connectivity index (χ1v) is 11.2. The molecule has 0 bridgehead atoms. The van der Waals surface area contributed by atoms with E-state index < -0.39 is 0 Å².